The third kappa shape index (κ3) is 2.73. The molecular weight excluding hydrogens is 196 g/mol. The first kappa shape index (κ1) is 10.0. The van der Waals surface area contributed by atoms with E-state index in [0.717, 1.165) is 29.6 Å². The van der Waals surface area contributed by atoms with Gasteiger partial charge in [0.05, 0.1) is 0 Å². The first-order valence-electron chi connectivity index (χ1n) is 5.07. The first-order valence-corrected chi connectivity index (χ1v) is 5.89. The smallest absolute Gasteiger partial charge is 0.131 e. The molecule has 2 rings (SSSR count). The molecule has 0 amide bonds. The van der Waals surface area contributed by atoms with Crippen LogP contribution in [0.1, 0.15) is 22.9 Å². The van der Waals surface area contributed by atoms with Gasteiger partial charge >= 0.3 is 0 Å². The van der Waals surface area contributed by atoms with E-state index < -0.39 is 0 Å². The van der Waals surface area contributed by atoms with Gasteiger partial charge in [0.1, 0.15) is 10.0 Å². The fourth-order valence-electron chi connectivity index (χ4n) is 1.67. The van der Waals surface area contributed by atoms with Gasteiger partial charge in [-0.15, -0.1) is 21.5 Å². The minimum Gasteiger partial charge on any atom is -0.317 e. The van der Waals surface area contributed by atoms with Crippen LogP contribution in [-0.4, -0.2) is 29.3 Å². The molecule has 0 atom stereocenters. The van der Waals surface area contributed by atoms with Crippen molar-refractivity contribution in [1.82, 2.24) is 20.8 Å². The van der Waals surface area contributed by atoms with Crippen molar-refractivity contribution in [3.63, 3.8) is 0 Å². The SMILES string of the molecule is Cc1nnc(CNC2CCNCC2)s1. The second-order valence-corrected chi connectivity index (χ2v) is 4.89. The van der Waals surface area contributed by atoms with E-state index in [1.807, 2.05) is 6.92 Å². The van der Waals surface area contributed by atoms with E-state index in [1.165, 1.54) is 12.8 Å². The Bertz CT molecular complexity index is 280. The molecule has 0 unspecified atom stereocenters. The molecule has 0 aromatic carbocycles. The van der Waals surface area contributed by atoms with Crippen molar-refractivity contribution in [2.75, 3.05) is 13.1 Å². The Labute approximate surface area is 88.1 Å². The maximum atomic E-state index is 4.09. The molecule has 2 N–H and O–H groups in total. The number of hydrogen-bond donors (Lipinski definition) is 2. The summed E-state index contributed by atoms with van der Waals surface area (Å²) in [5.41, 5.74) is 0. The number of aryl methyl sites for hydroxylation is 1. The van der Waals surface area contributed by atoms with E-state index in [4.69, 9.17) is 0 Å². The number of hydrogen-bond acceptors (Lipinski definition) is 5. The summed E-state index contributed by atoms with van der Waals surface area (Å²) in [6, 6.07) is 0.653. The molecule has 2 heterocycles. The van der Waals surface area contributed by atoms with E-state index in [2.05, 4.69) is 20.8 Å². The lowest BCUT2D eigenvalue weighted by atomic mass is 10.1. The molecule has 78 valence electrons. The number of piperidine rings is 1. The van der Waals surface area contributed by atoms with Crippen LogP contribution in [0.4, 0.5) is 0 Å². The normalized spacial score (nSPS) is 18.6. The average Bonchev–Trinajstić information content (AvgIpc) is 2.63. The van der Waals surface area contributed by atoms with Crippen LogP contribution in [-0.2, 0) is 6.54 Å². The van der Waals surface area contributed by atoms with Gasteiger partial charge in [0.15, 0.2) is 0 Å². The van der Waals surface area contributed by atoms with Gasteiger partial charge in [-0.1, -0.05) is 0 Å². The summed E-state index contributed by atoms with van der Waals surface area (Å²) in [6.45, 7) is 5.13. The van der Waals surface area contributed by atoms with Gasteiger partial charge in [0.25, 0.3) is 0 Å². The lowest BCUT2D eigenvalue weighted by Crippen LogP contribution is -2.39. The predicted octanol–water partition coefficient (Wildman–Crippen LogP) is 0.688. The van der Waals surface area contributed by atoms with E-state index >= 15 is 0 Å². The molecule has 5 heteroatoms. The van der Waals surface area contributed by atoms with Crippen molar-refractivity contribution in [1.29, 1.82) is 0 Å². The molecule has 0 saturated carbocycles. The number of nitrogens with one attached hydrogen (secondary N) is 2. The molecule has 0 radical (unpaired) electrons. The van der Waals surface area contributed by atoms with Crippen molar-refractivity contribution in [3.8, 4) is 0 Å². The summed E-state index contributed by atoms with van der Waals surface area (Å²) in [7, 11) is 0. The fraction of sp³-hybridized carbons (Fsp3) is 0.778. The Hall–Kier alpha value is -0.520. The molecule has 1 aromatic rings. The zero-order valence-corrected chi connectivity index (χ0v) is 9.23. The second-order valence-electron chi connectivity index (χ2n) is 3.62. The average molecular weight is 212 g/mol. The predicted molar refractivity (Wildman–Crippen MR) is 57.4 cm³/mol. The molecule has 0 spiro atoms. The van der Waals surface area contributed by atoms with Crippen LogP contribution >= 0.6 is 11.3 Å². The summed E-state index contributed by atoms with van der Waals surface area (Å²) in [5, 5.41) is 17.1. The first-order chi connectivity index (χ1) is 6.84. The minimum absolute atomic E-state index is 0.653. The molecule has 4 nitrogen and oxygen atoms in total. The van der Waals surface area contributed by atoms with Gasteiger partial charge in [-0.2, -0.15) is 0 Å². The Morgan fingerprint density at radius 3 is 2.86 bits per heavy atom. The molecule has 0 bridgehead atoms. The molecule has 1 aliphatic heterocycles. The Kier molecular flexibility index (Phi) is 3.44. The van der Waals surface area contributed by atoms with E-state index in [0.29, 0.717) is 6.04 Å². The van der Waals surface area contributed by atoms with Crippen LogP contribution in [0.5, 0.6) is 0 Å². The largest absolute Gasteiger partial charge is 0.317 e. The fourth-order valence-corrected chi connectivity index (χ4v) is 2.33. The van der Waals surface area contributed by atoms with Gasteiger partial charge in [-0.05, 0) is 32.9 Å². The minimum atomic E-state index is 0.653. The molecular formula is C9H16N4S. The Balaban J connectivity index is 1.76. The topological polar surface area (TPSA) is 49.8 Å². The van der Waals surface area contributed by atoms with E-state index in [9.17, 15) is 0 Å². The molecule has 0 aliphatic carbocycles. The van der Waals surface area contributed by atoms with Crippen LogP contribution < -0.4 is 10.6 Å². The van der Waals surface area contributed by atoms with Gasteiger partial charge in [0.2, 0.25) is 0 Å². The number of nitrogens with zero attached hydrogens (tertiary/aromatic N) is 2. The van der Waals surface area contributed by atoms with E-state index in [1.54, 1.807) is 11.3 Å². The lowest BCUT2D eigenvalue weighted by Gasteiger charge is -2.23. The Morgan fingerprint density at radius 2 is 2.21 bits per heavy atom. The zero-order valence-electron chi connectivity index (χ0n) is 8.42. The summed E-state index contributed by atoms with van der Waals surface area (Å²) in [6.07, 6.45) is 2.44. The highest BCUT2D eigenvalue weighted by molar-refractivity contribution is 7.11. The molecule has 14 heavy (non-hydrogen) atoms. The third-order valence-electron chi connectivity index (χ3n) is 2.45. The van der Waals surface area contributed by atoms with Crippen molar-refractivity contribution in [2.45, 2.75) is 32.4 Å². The van der Waals surface area contributed by atoms with Crippen molar-refractivity contribution >= 4 is 11.3 Å². The molecule has 1 aromatic heterocycles. The summed E-state index contributed by atoms with van der Waals surface area (Å²) >= 11 is 1.68. The van der Waals surface area contributed by atoms with Gasteiger partial charge in [-0.3, -0.25) is 0 Å². The third-order valence-corrected chi connectivity index (χ3v) is 3.29. The summed E-state index contributed by atoms with van der Waals surface area (Å²) in [4.78, 5) is 0. The van der Waals surface area contributed by atoms with Crippen molar-refractivity contribution < 1.29 is 0 Å². The second kappa shape index (κ2) is 4.82. The van der Waals surface area contributed by atoms with Crippen LogP contribution in [0.25, 0.3) is 0 Å². The summed E-state index contributed by atoms with van der Waals surface area (Å²) < 4.78 is 0. The maximum absolute atomic E-state index is 4.09. The highest BCUT2D eigenvalue weighted by Gasteiger charge is 2.12. The maximum Gasteiger partial charge on any atom is 0.131 e. The van der Waals surface area contributed by atoms with Crippen LogP contribution in [0.2, 0.25) is 0 Å². The van der Waals surface area contributed by atoms with Crippen LogP contribution in [0.3, 0.4) is 0 Å². The molecule has 1 fully saturated rings. The highest BCUT2D eigenvalue weighted by Crippen LogP contribution is 2.09. The zero-order chi connectivity index (χ0) is 9.80. The highest BCUT2D eigenvalue weighted by atomic mass is 32.1. The standard InChI is InChI=1S/C9H16N4S/c1-7-12-13-9(14-7)6-11-8-2-4-10-5-3-8/h8,10-11H,2-6H2,1H3. The summed E-state index contributed by atoms with van der Waals surface area (Å²) in [5.74, 6) is 0. The quantitative estimate of drug-likeness (QED) is 0.774. The molecule has 1 aliphatic rings. The van der Waals surface area contributed by atoms with Crippen molar-refractivity contribution in [2.24, 2.45) is 0 Å². The van der Waals surface area contributed by atoms with Crippen molar-refractivity contribution in [3.05, 3.63) is 10.0 Å². The number of aromatic nitrogens is 2. The van der Waals surface area contributed by atoms with Gasteiger partial charge < -0.3 is 10.6 Å². The van der Waals surface area contributed by atoms with E-state index in [-0.39, 0.29) is 0 Å². The number of rotatable bonds is 3. The lowest BCUT2D eigenvalue weighted by molar-refractivity contribution is 0.386. The Morgan fingerprint density at radius 1 is 1.43 bits per heavy atom. The monoisotopic (exact) mass is 212 g/mol. The van der Waals surface area contributed by atoms with Gasteiger partial charge in [0, 0.05) is 12.6 Å². The van der Waals surface area contributed by atoms with Gasteiger partial charge in [-0.25, -0.2) is 0 Å². The molecule has 1 saturated heterocycles. The van der Waals surface area contributed by atoms with Crippen LogP contribution in [0, 0.1) is 6.92 Å². The van der Waals surface area contributed by atoms with Crippen LogP contribution in [0.15, 0.2) is 0 Å².